The van der Waals surface area contributed by atoms with Crippen molar-refractivity contribution >= 4 is 53.5 Å². The molecule has 0 aliphatic rings. The maximum Gasteiger partial charge on any atom is 0.265 e. The molecule has 0 saturated heterocycles. The second kappa shape index (κ2) is 5.66. The quantitative estimate of drug-likeness (QED) is 0.793. The van der Waals surface area contributed by atoms with Crippen LogP contribution >= 0.6 is 31.9 Å². The summed E-state index contributed by atoms with van der Waals surface area (Å²) in [5, 5.41) is 0. The molecule has 0 saturated carbocycles. The van der Waals surface area contributed by atoms with Crippen molar-refractivity contribution in [2.75, 3.05) is 10.5 Å². The van der Waals surface area contributed by atoms with Crippen LogP contribution < -0.4 is 10.5 Å². The van der Waals surface area contributed by atoms with Crippen LogP contribution in [-0.4, -0.2) is 18.4 Å². The molecular formula is C11H10Br2N4O2S. The second-order valence-electron chi connectivity index (χ2n) is 3.99. The Hall–Kier alpha value is -1.19. The van der Waals surface area contributed by atoms with Gasteiger partial charge in [-0.1, -0.05) is 0 Å². The molecule has 20 heavy (non-hydrogen) atoms. The second-order valence-corrected chi connectivity index (χ2v) is 7.38. The van der Waals surface area contributed by atoms with E-state index in [9.17, 15) is 8.42 Å². The van der Waals surface area contributed by atoms with Crippen LogP contribution in [0.3, 0.4) is 0 Å². The number of anilines is 2. The fourth-order valence-corrected chi connectivity index (χ4v) is 4.32. The van der Waals surface area contributed by atoms with E-state index in [0.717, 1.165) is 18.0 Å². The van der Waals surface area contributed by atoms with E-state index < -0.39 is 10.0 Å². The third-order valence-corrected chi connectivity index (χ3v) is 4.94. The summed E-state index contributed by atoms with van der Waals surface area (Å²) in [5.41, 5.74) is 6.73. The van der Waals surface area contributed by atoms with Gasteiger partial charge < -0.3 is 5.73 Å². The van der Waals surface area contributed by atoms with Crippen molar-refractivity contribution in [3.05, 3.63) is 39.0 Å². The van der Waals surface area contributed by atoms with Gasteiger partial charge in [-0.15, -0.1) is 0 Å². The third kappa shape index (κ3) is 3.28. The predicted octanol–water partition coefficient (Wildman–Crippen LogP) is 2.69. The third-order valence-electron chi connectivity index (χ3n) is 2.38. The maximum absolute atomic E-state index is 12.2. The number of aromatic nitrogens is 2. The van der Waals surface area contributed by atoms with Crippen LogP contribution in [-0.2, 0) is 10.0 Å². The molecule has 0 radical (unpaired) electrons. The van der Waals surface area contributed by atoms with Crippen LogP contribution in [0.15, 0.2) is 38.4 Å². The van der Waals surface area contributed by atoms with Gasteiger partial charge in [0.1, 0.15) is 4.90 Å². The lowest BCUT2D eigenvalue weighted by Crippen LogP contribution is -2.15. The number of nitrogens with two attached hydrogens (primary N) is 1. The monoisotopic (exact) mass is 420 g/mol. The van der Waals surface area contributed by atoms with Gasteiger partial charge in [0.2, 0.25) is 5.95 Å². The number of halogens is 2. The van der Waals surface area contributed by atoms with Gasteiger partial charge in [-0.05, 0) is 56.5 Å². The van der Waals surface area contributed by atoms with Gasteiger partial charge in [-0.25, -0.2) is 18.4 Å². The van der Waals surface area contributed by atoms with Crippen LogP contribution in [0.25, 0.3) is 0 Å². The smallest absolute Gasteiger partial charge is 0.265 e. The number of nitrogens with zero attached hydrogens (tertiary/aromatic N) is 2. The van der Waals surface area contributed by atoms with Gasteiger partial charge in [-0.2, -0.15) is 0 Å². The van der Waals surface area contributed by atoms with Gasteiger partial charge in [0.05, 0.1) is 18.1 Å². The highest BCUT2D eigenvalue weighted by Crippen LogP contribution is 2.33. The molecular weight excluding hydrogens is 412 g/mol. The number of hydrogen-bond acceptors (Lipinski definition) is 5. The first-order valence-corrected chi connectivity index (χ1v) is 8.42. The lowest BCUT2D eigenvalue weighted by molar-refractivity contribution is 0.600. The molecule has 0 spiro atoms. The van der Waals surface area contributed by atoms with Crippen molar-refractivity contribution < 1.29 is 8.42 Å². The van der Waals surface area contributed by atoms with Crippen molar-refractivity contribution in [1.29, 1.82) is 0 Å². The van der Waals surface area contributed by atoms with Crippen LogP contribution in [0.2, 0.25) is 0 Å². The highest BCUT2D eigenvalue weighted by Gasteiger charge is 2.18. The molecule has 2 rings (SSSR count). The van der Waals surface area contributed by atoms with Gasteiger partial charge >= 0.3 is 0 Å². The SMILES string of the molecule is Cc1cc(Br)c(NS(=O)(=O)c2cnc(N)nc2)c(Br)c1. The summed E-state index contributed by atoms with van der Waals surface area (Å²) in [6.07, 6.45) is 2.31. The minimum absolute atomic E-state index is 0.0154. The molecule has 1 heterocycles. The Bertz CT molecular complexity index is 725. The van der Waals surface area contributed by atoms with Crippen molar-refractivity contribution in [1.82, 2.24) is 9.97 Å². The average molecular weight is 422 g/mol. The molecule has 1 aromatic heterocycles. The van der Waals surface area contributed by atoms with Crippen molar-refractivity contribution in [2.45, 2.75) is 11.8 Å². The van der Waals surface area contributed by atoms with E-state index in [4.69, 9.17) is 5.73 Å². The number of sulfonamides is 1. The molecule has 0 fully saturated rings. The lowest BCUT2D eigenvalue weighted by Gasteiger charge is -2.12. The van der Waals surface area contributed by atoms with E-state index in [1.807, 2.05) is 19.1 Å². The fourth-order valence-electron chi connectivity index (χ4n) is 1.46. The number of aryl methyl sites for hydroxylation is 1. The summed E-state index contributed by atoms with van der Waals surface area (Å²) in [4.78, 5) is 7.28. The summed E-state index contributed by atoms with van der Waals surface area (Å²) < 4.78 is 28.2. The molecule has 3 N–H and O–H groups in total. The van der Waals surface area contributed by atoms with Crippen molar-refractivity contribution in [3.63, 3.8) is 0 Å². The Morgan fingerprint density at radius 3 is 2.15 bits per heavy atom. The summed E-state index contributed by atoms with van der Waals surface area (Å²) >= 11 is 6.65. The zero-order valence-electron chi connectivity index (χ0n) is 10.3. The standard InChI is InChI=1S/C11H10Br2N4O2S/c1-6-2-8(12)10(9(13)3-6)17-20(18,19)7-4-15-11(14)16-5-7/h2-5,17H,1H3,(H2,14,15,16). The number of benzene rings is 1. The average Bonchev–Trinajstić information content (AvgIpc) is 2.34. The zero-order valence-corrected chi connectivity index (χ0v) is 14.3. The van der Waals surface area contributed by atoms with E-state index in [0.29, 0.717) is 14.6 Å². The molecule has 0 aliphatic heterocycles. The Labute approximate surface area is 133 Å². The Kier molecular flexibility index (Phi) is 4.31. The van der Waals surface area contributed by atoms with Crippen molar-refractivity contribution in [2.24, 2.45) is 0 Å². The van der Waals surface area contributed by atoms with Crippen LogP contribution in [0.5, 0.6) is 0 Å². The van der Waals surface area contributed by atoms with Crippen LogP contribution in [0.1, 0.15) is 5.56 Å². The zero-order chi connectivity index (χ0) is 14.9. The molecule has 0 unspecified atom stereocenters. The largest absolute Gasteiger partial charge is 0.368 e. The van der Waals surface area contributed by atoms with Gasteiger partial charge in [0.25, 0.3) is 10.0 Å². The predicted molar refractivity (Wildman–Crippen MR) is 83.8 cm³/mol. The van der Waals surface area contributed by atoms with E-state index >= 15 is 0 Å². The molecule has 2 aromatic rings. The number of nitrogens with one attached hydrogen (secondary N) is 1. The Balaban J connectivity index is 2.41. The van der Waals surface area contributed by atoms with E-state index in [1.54, 1.807) is 0 Å². The first-order chi connectivity index (χ1) is 9.29. The molecule has 1 aromatic carbocycles. The normalized spacial score (nSPS) is 11.3. The summed E-state index contributed by atoms with van der Waals surface area (Å²) in [6.45, 7) is 1.90. The molecule has 6 nitrogen and oxygen atoms in total. The van der Waals surface area contributed by atoms with E-state index in [2.05, 4.69) is 46.5 Å². The number of rotatable bonds is 3. The maximum atomic E-state index is 12.2. The molecule has 9 heteroatoms. The van der Waals surface area contributed by atoms with Gasteiger partial charge in [0, 0.05) is 8.95 Å². The minimum Gasteiger partial charge on any atom is -0.368 e. The van der Waals surface area contributed by atoms with Crippen LogP contribution in [0, 0.1) is 6.92 Å². The highest BCUT2D eigenvalue weighted by molar-refractivity contribution is 9.11. The number of nitrogen functional groups attached to an aromatic ring is 1. The van der Waals surface area contributed by atoms with E-state index in [-0.39, 0.29) is 10.8 Å². The summed E-state index contributed by atoms with van der Waals surface area (Å²) in [6, 6.07) is 3.62. The molecule has 106 valence electrons. The van der Waals surface area contributed by atoms with Crippen molar-refractivity contribution in [3.8, 4) is 0 Å². The highest BCUT2D eigenvalue weighted by atomic mass is 79.9. The number of hydrogen-bond donors (Lipinski definition) is 2. The summed E-state index contributed by atoms with van der Waals surface area (Å²) in [7, 11) is -3.78. The molecule has 0 bridgehead atoms. The Morgan fingerprint density at radius 2 is 1.65 bits per heavy atom. The van der Waals surface area contributed by atoms with Gasteiger partial charge in [-0.3, -0.25) is 4.72 Å². The first-order valence-electron chi connectivity index (χ1n) is 5.35. The van der Waals surface area contributed by atoms with Gasteiger partial charge in [0.15, 0.2) is 0 Å². The Morgan fingerprint density at radius 1 is 1.15 bits per heavy atom. The topological polar surface area (TPSA) is 98.0 Å². The van der Waals surface area contributed by atoms with Crippen LogP contribution in [0.4, 0.5) is 11.6 Å². The molecule has 0 aliphatic carbocycles. The molecule has 0 amide bonds. The minimum atomic E-state index is -3.78. The lowest BCUT2D eigenvalue weighted by atomic mass is 10.2. The summed E-state index contributed by atoms with van der Waals surface area (Å²) in [5.74, 6) is 0.0154. The molecule has 0 atom stereocenters. The fraction of sp³-hybridized carbons (Fsp3) is 0.0909. The first kappa shape index (κ1) is 15.2. The van der Waals surface area contributed by atoms with E-state index in [1.165, 1.54) is 0 Å².